The highest BCUT2D eigenvalue weighted by Gasteiger charge is 2.37. The first-order valence-corrected chi connectivity index (χ1v) is 6.10. The summed E-state index contributed by atoms with van der Waals surface area (Å²) in [6, 6.07) is 0. The number of amides is 1. The van der Waals surface area contributed by atoms with E-state index in [1.807, 2.05) is 13.8 Å². The van der Waals surface area contributed by atoms with Gasteiger partial charge >= 0.3 is 6.09 Å². The molecule has 94 valence electrons. The molecule has 0 saturated carbocycles. The molecule has 16 heavy (non-hydrogen) atoms. The highest BCUT2D eigenvalue weighted by molar-refractivity contribution is 5.68. The van der Waals surface area contributed by atoms with E-state index in [4.69, 9.17) is 4.74 Å². The zero-order chi connectivity index (χ0) is 12.2. The number of nitrogens with zero attached hydrogens (tertiary/aromatic N) is 1. The summed E-state index contributed by atoms with van der Waals surface area (Å²) < 4.78 is 5.20. The Balaban J connectivity index is 2.48. The smallest absolute Gasteiger partial charge is 0.410 e. The molecule has 0 spiro atoms. The fourth-order valence-corrected chi connectivity index (χ4v) is 2.09. The fourth-order valence-electron chi connectivity index (χ4n) is 2.09. The van der Waals surface area contributed by atoms with E-state index in [0.29, 0.717) is 26.0 Å². The molecular formula is C12H23NO3. The van der Waals surface area contributed by atoms with Crippen molar-refractivity contribution in [2.24, 2.45) is 0 Å². The van der Waals surface area contributed by atoms with Crippen LogP contribution >= 0.6 is 0 Å². The summed E-state index contributed by atoms with van der Waals surface area (Å²) in [4.78, 5) is 13.5. The Morgan fingerprint density at radius 2 is 2.25 bits per heavy atom. The molecule has 0 aliphatic carbocycles. The molecule has 1 fully saturated rings. The number of ether oxygens (including phenoxy) is 1. The lowest BCUT2D eigenvalue weighted by Gasteiger charge is -2.43. The zero-order valence-electron chi connectivity index (χ0n) is 10.5. The molecule has 0 bridgehead atoms. The van der Waals surface area contributed by atoms with Crippen molar-refractivity contribution in [3.63, 3.8) is 0 Å². The minimum Gasteiger partial charge on any atom is -0.449 e. The predicted octanol–water partition coefficient (Wildman–Crippen LogP) is 2.16. The van der Waals surface area contributed by atoms with Crippen molar-refractivity contribution < 1.29 is 14.6 Å². The molecule has 4 heteroatoms. The van der Waals surface area contributed by atoms with Crippen LogP contribution in [-0.2, 0) is 4.74 Å². The van der Waals surface area contributed by atoms with E-state index in [0.717, 1.165) is 12.8 Å². The highest BCUT2D eigenvalue weighted by atomic mass is 16.6. The Morgan fingerprint density at radius 1 is 1.56 bits per heavy atom. The van der Waals surface area contributed by atoms with Crippen LogP contribution in [0.2, 0.25) is 0 Å². The second kappa shape index (κ2) is 5.53. The van der Waals surface area contributed by atoms with E-state index in [2.05, 4.69) is 6.92 Å². The third-order valence-corrected chi connectivity index (χ3v) is 3.10. The molecule has 1 heterocycles. The van der Waals surface area contributed by atoms with Crippen molar-refractivity contribution in [1.29, 1.82) is 0 Å². The summed E-state index contributed by atoms with van der Waals surface area (Å²) in [6.07, 6.45) is 2.65. The van der Waals surface area contributed by atoms with Gasteiger partial charge in [0, 0.05) is 12.1 Å². The van der Waals surface area contributed by atoms with Gasteiger partial charge in [-0.2, -0.15) is 0 Å². The van der Waals surface area contributed by atoms with Crippen molar-refractivity contribution in [3.05, 3.63) is 0 Å². The van der Waals surface area contributed by atoms with Gasteiger partial charge in [0.1, 0.15) is 0 Å². The number of aliphatic hydroxyl groups excluding tert-OH is 1. The number of likely N-dealkylation sites (tertiary alicyclic amines) is 1. The Labute approximate surface area is 97.6 Å². The van der Waals surface area contributed by atoms with Gasteiger partial charge in [0.25, 0.3) is 0 Å². The maximum atomic E-state index is 11.8. The average Bonchev–Trinajstić information content (AvgIpc) is 2.16. The van der Waals surface area contributed by atoms with E-state index in [1.54, 1.807) is 4.90 Å². The lowest BCUT2D eigenvalue weighted by Crippen LogP contribution is -2.54. The van der Waals surface area contributed by atoms with E-state index in [9.17, 15) is 9.90 Å². The number of rotatable bonds is 3. The third-order valence-electron chi connectivity index (χ3n) is 3.10. The summed E-state index contributed by atoms with van der Waals surface area (Å²) in [5, 5.41) is 9.58. The van der Waals surface area contributed by atoms with Gasteiger partial charge in [0.2, 0.25) is 0 Å². The third kappa shape index (κ3) is 3.37. The second-order valence-corrected chi connectivity index (χ2v) is 5.08. The minimum atomic E-state index is -0.305. The molecule has 0 aromatic rings. The number of piperidine rings is 1. The quantitative estimate of drug-likeness (QED) is 0.754. The fraction of sp³-hybridized carbons (Fsp3) is 0.917. The standard InChI is InChI=1S/C12H23NO3/c1-4-5-8-16-11(15)13-7-6-10(14)9-12(13,2)3/h10,14H,4-9H2,1-3H3. The number of hydrogen-bond acceptors (Lipinski definition) is 3. The van der Waals surface area contributed by atoms with Gasteiger partial charge in [-0.05, 0) is 33.1 Å². The molecule has 0 aromatic carbocycles. The first-order valence-electron chi connectivity index (χ1n) is 6.10. The summed E-state index contributed by atoms with van der Waals surface area (Å²) in [6.45, 7) is 7.07. The van der Waals surface area contributed by atoms with Crippen LogP contribution in [-0.4, -0.2) is 40.9 Å². The molecule has 1 N–H and O–H groups in total. The van der Waals surface area contributed by atoms with E-state index < -0.39 is 0 Å². The highest BCUT2D eigenvalue weighted by Crippen LogP contribution is 2.28. The number of carbonyl (C=O) groups excluding carboxylic acids is 1. The molecule has 1 aliphatic rings. The largest absolute Gasteiger partial charge is 0.449 e. The van der Waals surface area contributed by atoms with Crippen LogP contribution in [0.3, 0.4) is 0 Å². The Kier molecular flexibility index (Phi) is 4.59. The maximum Gasteiger partial charge on any atom is 0.410 e. The number of hydrogen-bond donors (Lipinski definition) is 1. The lowest BCUT2D eigenvalue weighted by atomic mass is 9.89. The molecule has 0 radical (unpaired) electrons. The molecule has 1 aliphatic heterocycles. The van der Waals surface area contributed by atoms with Gasteiger partial charge in [0.05, 0.1) is 12.7 Å². The predicted molar refractivity (Wildman–Crippen MR) is 62.3 cm³/mol. The second-order valence-electron chi connectivity index (χ2n) is 5.08. The van der Waals surface area contributed by atoms with Crippen molar-refractivity contribution in [2.75, 3.05) is 13.2 Å². The SMILES string of the molecule is CCCCOC(=O)N1CCC(O)CC1(C)C. The topological polar surface area (TPSA) is 49.8 Å². The van der Waals surface area contributed by atoms with Gasteiger partial charge in [-0.25, -0.2) is 4.79 Å². The van der Waals surface area contributed by atoms with Crippen LogP contribution in [0.5, 0.6) is 0 Å². The molecule has 4 nitrogen and oxygen atoms in total. The summed E-state index contributed by atoms with van der Waals surface area (Å²) in [5.41, 5.74) is -0.305. The van der Waals surface area contributed by atoms with Crippen molar-refractivity contribution in [2.45, 2.75) is 58.1 Å². The van der Waals surface area contributed by atoms with Crippen LogP contribution in [0.4, 0.5) is 4.79 Å². The van der Waals surface area contributed by atoms with Crippen LogP contribution in [0.1, 0.15) is 46.5 Å². The van der Waals surface area contributed by atoms with E-state index >= 15 is 0 Å². The Hall–Kier alpha value is -0.770. The minimum absolute atomic E-state index is 0.245. The number of unbranched alkanes of at least 4 members (excludes halogenated alkanes) is 1. The van der Waals surface area contributed by atoms with Crippen LogP contribution < -0.4 is 0 Å². The Morgan fingerprint density at radius 3 is 2.81 bits per heavy atom. The lowest BCUT2D eigenvalue weighted by molar-refractivity contribution is -0.00466. The first kappa shape index (κ1) is 13.3. The zero-order valence-corrected chi connectivity index (χ0v) is 10.5. The van der Waals surface area contributed by atoms with Crippen molar-refractivity contribution >= 4 is 6.09 Å². The van der Waals surface area contributed by atoms with Crippen LogP contribution in [0.25, 0.3) is 0 Å². The Bertz CT molecular complexity index is 240. The van der Waals surface area contributed by atoms with Gasteiger partial charge in [0.15, 0.2) is 0 Å². The van der Waals surface area contributed by atoms with Gasteiger partial charge in [-0.15, -0.1) is 0 Å². The molecule has 1 unspecified atom stereocenters. The summed E-state index contributed by atoms with van der Waals surface area (Å²) in [7, 11) is 0. The molecular weight excluding hydrogens is 206 g/mol. The normalized spacial score (nSPS) is 24.2. The van der Waals surface area contributed by atoms with Crippen LogP contribution in [0, 0.1) is 0 Å². The average molecular weight is 229 g/mol. The maximum absolute atomic E-state index is 11.8. The van der Waals surface area contributed by atoms with Crippen molar-refractivity contribution in [1.82, 2.24) is 4.90 Å². The number of carbonyl (C=O) groups is 1. The molecule has 0 aromatic heterocycles. The van der Waals surface area contributed by atoms with Crippen LogP contribution in [0.15, 0.2) is 0 Å². The molecule has 1 saturated heterocycles. The van der Waals surface area contributed by atoms with E-state index in [1.165, 1.54) is 0 Å². The van der Waals surface area contributed by atoms with Crippen molar-refractivity contribution in [3.8, 4) is 0 Å². The monoisotopic (exact) mass is 229 g/mol. The first-order chi connectivity index (χ1) is 7.47. The summed E-state index contributed by atoms with van der Waals surface area (Å²) >= 11 is 0. The molecule has 1 amide bonds. The summed E-state index contributed by atoms with van der Waals surface area (Å²) in [5.74, 6) is 0. The van der Waals surface area contributed by atoms with E-state index in [-0.39, 0.29) is 17.7 Å². The van der Waals surface area contributed by atoms with Gasteiger partial charge in [-0.1, -0.05) is 13.3 Å². The van der Waals surface area contributed by atoms with Gasteiger partial charge in [-0.3, -0.25) is 0 Å². The number of aliphatic hydroxyl groups is 1. The molecule has 1 rings (SSSR count). The van der Waals surface area contributed by atoms with Gasteiger partial charge < -0.3 is 14.7 Å². The molecule has 1 atom stereocenters.